The Balaban J connectivity index is 1.84. The van der Waals surface area contributed by atoms with Crippen LogP contribution in [0, 0.1) is 5.82 Å². The summed E-state index contributed by atoms with van der Waals surface area (Å²) < 4.78 is 19.6. The van der Waals surface area contributed by atoms with E-state index in [1.165, 1.54) is 12.5 Å². The molecule has 0 N–H and O–H groups in total. The lowest BCUT2D eigenvalue weighted by atomic mass is 10.1. The van der Waals surface area contributed by atoms with E-state index in [1.54, 1.807) is 4.90 Å². The Morgan fingerprint density at radius 2 is 2.04 bits per heavy atom. The van der Waals surface area contributed by atoms with Crippen LogP contribution in [-0.4, -0.2) is 57.2 Å². The van der Waals surface area contributed by atoms with Crippen LogP contribution in [0.3, 0.4) is 0 Å². The monoisotopic (exact) mass is 381 g/mol. The van der Waals surface area contributed by atoms with E-state index in [1.807, 2.05) is 32.6 Å². The summed E-state index contributed by atoms with van der Waals surface area (Å²) in [4.78, 5) is 28.1. The molecular weight excluding hydrogens is 361 g/mol. The largest absolute Gasteiger partial charge is 0.444 e. The molecule has 1 aliphatic rings. The number of rotatable bonds is 1. The summed E-state index contributed by atoms with van der Waals surface area (Å²) in [6, 6.07) is -0.0342. The third-order valence-electron chi connectivity index (χ3n) is 4.11. The van der Waals surface area contributed by atoms with Gasteiger partial charge in [-0.3, -0.25) is 0 Å². The number of anilines is 1. The summed E-state index contributed by atoms with van der Waals surface area (Å²) in [6.07, 6.45) is 2.45. The minimum Gasteiger partial charge on any atom is -0.444 e. The lowest BCUT2D eigenvalue weighted by Gasteiger charge is -2.41. The van der Waals surface area contributed by atoms with Crippen LogP contribution >= 0.6 is 11.6 Å². The predicted molar refractivity (Wildman–Crippen MR) is 96.9 cm³/mol. The molecule has 7 nitrogen and oxygen atoms in total. The number of halogens is 2. The fraction of sp³-hybridized carbons (Fsp3) is 0.529. The first kappa shape index (κ1) is 18.6. The number of piperazine rings is 1. The number of carbonyl (C=O) groups excluding carboxylic acids is 1. The minimum absolute atomic E-state index is 0.0342. The molecule has 26 heavy (non-hydrogen) atoms. The second kappa shape index (κ2) is 6.83. The van der Waals surface area contributed by atoms with Crippen molar-refractivity contribution in [3.05, 3.63) is 23.5 Å². The highest BCUT2D eigenvalue weighted by Gasteiger charge is 2.31. The molecule has 0 bridgehead atoms. The van der Waals surface area contributed by atoms with Crippen molar-refractivity contribution in [2.45, 2.75) is 39.3 Å². The van der Waals surface area contributed by atoms with Gasteiger partial charge in [-0.2, -0.15) is 0 Å². The summed E-state index contributed by atoms with van der Waals surface area (Å²) in [5.41, 5.74) is -0.403. The van der Waals surface area contributed by atoms with E-state index in [-0.39, 0.29) is 22.8 Å². The van der Waals surface area contributed by atoms with Crippen LogP contribution < -0.4 is 4.90 Å². The predicted octanol–water partition coefficient (Wildman–Crippen LogP) is 3.26. The van der Waals surface area contributed by atoms with E-state index in [0.717, 1.165) is 0 Å². The summed E-state index contributed by atoms with van der Waals surface area (Å²) in [5.74, 6) is -0.0812. The molecule has 3 rings (SSSR count). The maximum atomic E-state index is 14.2. The Morgan fingerprint density at radius 1 is 1.31 bits per heavy atom. The number of nitrogens with zero attached hydrogens (tertiary/aromatic N) is 5. The highest BCUT2D eigenvalue weighted by Crippen LogP contribution is 2.29. The van der Waals surface area contributed by atoms with Gasteiger partial charge in [-0.05, 0) is 27.7 Å². The van der Waals surface area contributed by atoms with E-state index in [0.29, 0.717) is 30.8 Å². The fourth-order valence-electron chi connectivity index (χ4n) is 2.95. The molecular formula is C17H21ClFN5O2. The number of hydrogen-bond donors (Lipinski definition) is 0. The van der Waals surface area contributed by atoms with Gasteiger partial charge in [-0.15, -0.1) is 0 Å². The van der Waals surface area contributed by atoms with Crippen LogP contribution in [0.15, 0.2) is 12.5 Å². The molecule has 1 saturated heterocycles. The molecule has 3 heterocycles. The van der Waals surface area contributed by atoms with E-state index < -0.39 is 11.4 Å². The van der Waals surface area contributed by atoms with Crippen LogP contribution in [0.5, 0.6) is 0 Å². The average Bonchev–Trinajstić information content (AvgIpc) is 2.56. The first-order chi connectivity index (χ1) is 12.2. The van der Waals surface area contributed by atoms with E-state index >= 15 is 0 Å². The van der Waals surface area contributed by atoms with Crippen LogP contribution in [0.2, 0.25) is 5.15 Å². The first-order valence-electron chi connectivity index (χ1n) is 8.36. The second-order valence-electron chi connectivity index (χ2n) is 7.29. The molecule has 2 aromatic rings. The summed E-state index contributed by atoms with van der Waals surface area (Å²) >= 11 is 5.74. The maximum Gasteiger partial charge on any atom is 0.410 e. The quantitative estimate of drug-likeness (QED) is 0.706. The van der Waals surface area contributed by atoms with Crippen LogP contribution in [0.25, 0.3) is 10.9 Å². The lowest BCUT2D eigenvalue weighted by molar-refractivity contribution is 0.0218. The molecule has 0 radical (unpaired) electrons. The molecule has 0 spiro atoms. The lowest BCUT2D eigenvalue weighted by Crippen LogP contribution is -2.54. The van der Waals surface area contributed by atoms with Gasteiger partial charge in [0, 0.05) is 31.9 Å². The average molecular weight is 382 g/mol. The Morgan fingerprint density at radius 3 is 2.69 bits per heavy atom. The van der Waals surface area contributed by atoms with Crippen molar-refractivity contribution in [2.75, 3.05) is 24.5 Å². The Bertz CT molecular complexity index is 842. The first-order valence-corrected chi connectivity index (χ1v) is 8.74. The highest BCUT2D eigenvalue weighted by atomic mass is 35.5. The second-order valence-corrected chi connectivity index (χ2v) is 7.65. The van der Waals surface area contributed by atoms with Crippen molar-refractivity contribution in [1.82, 2.24) is 19.9 Å². The van der Waals surface area contributed by atoms with Crippen LogP contribution in [0.1, 0.15) is 27.7 Å². The molecule has 1 atom stereocenters. The molecule has 0 aliphatic carbocycles. The highest BCUT2D eigenvalue weighted by molar-refractivity contribution is 6.30. The summed E-state index contributed by atoms with van der Waals surface area (Å²) in [7, 11) is 0. The number of pyridine rings is 1. The Kier molecular flexibility index (Phi) is 4.88. The van der Waals surface area contributed by atoms with Gasteiger partial charge < -0.3 is 14.5 Å². The third kappa shape index (κ3) is 3.65. The third-order valence-corrected chi connectivity index (χ3v) is 4.37. The molecule has 1 amide bonds. The van der Waals surface area contributed by atoms with Gasteiger partial charge in [-0.1, -0.05) is 11.6 Å². The minimum atomic E-state index is -0.659. The molecule has 2 aromatic heterocycles. The van der Waals surface area contributed by atoms with Crippen molar-refractivity contribution in [1.29, 1.82) is 0 Å². The summed E-state index contributed by atoms with van der Waals surface area (Å²) in [6.45, 7) is 8.98. The fourth-order valence-corrected chi connectivity index (χ4v) is 3.09. The van der Waals surface area contributed by atoms with Gasteiger partial charge in [-0.25, -0.2) is 24.1 Å². The number of ether oxygens (including phenoxy) is 1. The van der Waals surface area contributed by atoms with Gasteiger partial charge in [0.25, 0.3) is 0 Å². The molecule has 1 fully saturated rings. The zero-order valence-corrected chi connectivity index (χ0v) is 15.9. The SMILES string of the molecule is C[C@@H]1CN(C(=O)OC(C)(C)C)CCN1c1ncnc2c(F)c(Cl)ncc12. The van der Waals surface area contributed by atoms with Gasteiger partial charge in [0.05, 0.1) is 5.39 Å². The van der Waals surface area contributed by atoms with Gasteiger partial charge in [0.1, 0.15) is 23.3 Å². The van der Waals surface area contributed by atoms with Crippen LogP contribution in [0.4, 0.5) is 15.0 Å². The molecule has 1 aliphatic heterocycles. The number of hydrogen-bond acceptors (Lipinski definition) is 6. The van der Waals surface area contributed by atoms with Gasteiger partial charge in [0.2, 0.25) is 0 Å². The molecule has 9 heteroatoms. The smallest absolute Gasteiger partial charge is 0.410 e. The zero-order chi connectivity index (χ0) is 19.1. The topological polar surface area (TPSA) is 71.5 Å². The van der Waals surface area contributed by atoms with Crippen molar-refractivity contribution >= 4 is 34.4 Å². The molecule has 140 valence electrons. The van der Waals surface area contributed by atoms with Crippen molar-refractivity contribution in [3.8, 4) is 0 Å². The molecule has 0 unspecified atom stereocenters. The number of amides is 1. The Labute approximate surface area is 156 Å². The van der Waals surface area contributed by atoms with Crippen molar-refractivity contribution in [3.63, 3.8) is 0 Å². The molecule has 0 aromatic carbocycles. The Hall–Kier alpha value is -2.22. The zero-order valence-electron chi connectivity index (χ0n) is 15.2. The molecule has 0 saturated carbocycles. The number of carbonyl (C=O) groups is 1. The maximum absolute atomic E-state index is 14.2. The van der Waals surface area contributed by atoms with Crippen molar-refractivity contribution in [2.24, 2.45) is 0 Å². The van der Waals surface area contributed by atoms with E-state index in [2.05, 4.69) is 15.0 Å². The van der Waals surface area contributed by atoms with Gasteiger partial charge in [0.15, 0.2) is 11.0 Å². The van der Waals surface area contributed by atoms with Crippen LogP contribution in [-0.2, 0) is 4.74 Å². The normalized spacial score (nSPS) is 18.3. The van der Waals surface area contributed by atoms with Crippen molar-refractivity contribution < 1.29 is 13.9 Å². The van der Waals surface area contributed by atoms with E-state index in [4.69, 9.17) is 16.3 Å². The van der Waals surface area contributed by atoms with E-state index in [9.17, 15) is 9.18 Å². The number of aromatic nitrogens is 3. The standard InChI is InChI=1S/C17H21ClFN5O2/c1-10-8-23(16(25)26-17(2,3)4)5-6-24(10)15-11-7-20-14(18)12(19)13(11)21-9-22-15/h7,9-10H,5-6,8H2,1-4H3/t10-/m1/s1. The van der Waals surface area contributed by atoms with Gasteiger partial charge >= 0.3 is 6.09 Å². The summed E-state index contributed by atoms with van der Waals surface area (Å²) in [5, 5.41) is 0.275. The number of fused-ring (bicyclic) bond motifs is 1.